The number of rotatable bonds is 4. The van der Waals surface area contributed by atoms with Crippen molar-refractivity contribution in [3.63, 3.8) is 0 Å². The number of nitrogen functional groups attached to an aromatic ring is 1. The molecule has 0 aliphatic rings. The summed E-state index contributed by atoms with van der Waals surface area (Å²) in [6, 6.07) is 25.4. The molecule has 0 amide bonds. The van der Waals surface area contributed by atoms with Gasteiger partial charge in [-0.15, -0.1) is 0 Å². The number of anilines is 1. The molecule has 6 heteroatoms. The van der Waals surface area contributed by atoms with Crippen LogP contribution < -0.4 is 5.73 Å². The van der Waals surface area contributed by atoms with Crippen molar-refractivity contribution in [3.05, 3.63) is 90.6 Å². The van der Waals surface area contributed by atoms with Gasteiger partial charge < -0.3 is 10.8 Å². The number of benzene rings is 2. The number of fused-ring (bicyclic) bond motifs is 1. The topological polar surface area (TPSA) is 89.9 Å². The standard InChI is InChI=1S/C24H19N5O.C2H6/c25-22-19(7-4-14-26-22)23-28-21-13-12-20(17-5-2-1-3-6-17)27-24(21)29(23)18-10-8-16(15-30)9-11-18;1-2/h1-14,30H,15H2,(H2,25,26);1-2H3. The van der Waals surface area contributed by atoms with Crippen LogP contribution in [0.25, 0.3) is 39.5 Å². The molecule has 5 rings (SSSR count). The maximum atomic E-state index is 9.41. The van der Waals surface area contributed by atoms with Crippen LogP contribution in [0.5, 0.6) is 0 Å². The summed E-state index contributed by atoms with van der Waals surface area (Å²) in [5.74, 6) is 1.08. The van der Waals surface area contributed by atoms with Gasteiger partial charge in [-0.25, -0.2) is 15.0 Å². The van der Waals surface area contributed by atoms with Crippen molar-refractivity contribution in [2.24, 2.45) is 0 Å². The van der Waals surface area contributed by atoms with E-state index in [9.17, 15) is 5.11 Å². The van der Waals surface area contributed by atoms with Crippen molar-refractivity contribution in [2.75, 3.05) is 5.73 Å². The molecule has 0 bridgehead atoms. The second-order valence-electron chi connectivity index (χ2n) is 6.94. The Hall–Kier alpha value is -4.03. The molecule has 6 nitrogen and oxygen atoms in total. The fourth-order valence-corrected chi connectivity index (χ4v) is 3.51. The second kappa shape index (κ2) is 9.41. The number of pyridine rings is 2. The first kappa shape index (κ1) is 21.2. The number of imidazole rings is 1. The Labute approximate surface area is 187 Å². The van der Waals surface area contributed by atoms with Crippen molar-refractivity contribution < 1.29 is 5.11 Å². The van der Waals surface area contributed by atoms with Crippen LogP contribution in [0, 0.1) is 0 Å². The average Bonchev–Trinajstić information content (AvgIpc) is 3.24. The summed E-state index contributed by atoms with van der Waals surface area (Å²) in [6.07, 6.45) is 1.66. The zero-order valence-corrected chi connectivity index (χ0v) is 18.1. The first-order valence-corrected chi connectivity index (χ1v) is 10.6. The molecule has 0 unspecified atom stereocenters. The minimum Gasteiger partial charge on any atom is -0.392 e. The quantitative estimate of drug-likeness (QED) is 0.412. The molecule has 5 aromatic rings. The third kappa shape index (κ3) is 3.96. The van der Waals surface area contributed by atoms with Crippen LogP contribution in [-0.4, -0.2) is 24.6 Å². The zero-order chi connectivity index (χ0) is 22.5. The van der Waals surface area contributed by atoms with Crippen molar-refractivity contribution in [3.8, 4) is 28.3 Å². The first-order chi connectivity index (χ1) is 15.7. The molecule has 0 saturated carbocycles. The molecule has 0 saturated heterocycles. The summed E-state index contributed by atoms with van der Waals surface area (Å²) >= 11 is 0. The third-order valence-electron chi connectivity index (χ3n) is 5.03. The fourth-order valence-electron chi connectivity index (χ4n) is 3.51. The summed E-state index contributed by atoms with van der Waals surface area (Å²) in [6.45, 7) is 3.99. The predicted octanol–water partition coefficient (Wildman–Crippen LogP) is 5.25. The van der Waals surface area contributed by atoms with E-state index in [2.05, 4.69) is 4.98 Å². The molecule has 0 aliphatic heterocycles. The summed E-state index contributed by atoms with van der Waals surface area (Å²) < 4.78 is 1.98. The van der Waals surface area contributed by atoms with Gasteiger partial charge in [0.05, 0.1) is 17.9 Å². The molecule has 160 valence electrons. The third-order valence-corrected chi connectivity index (χ3v) is 5.03. The maximum absolute atomic E-state index is 9.41. The number of nitrogens with two attached hydrogens (primary N) is 1. The van der Waals surface area contributed by atoms with Crippen molar-refractivity contribution >= 4 is 17.0 Å². The normalized spacial score (nSPS) is 10.6. The SMILES string of the molecule is CC.Nc1ncccc1-c1nc2ccc(-c3ccccc3)nc2n1-c1ccc(CO)cc1. The van der Waals surface area contributed by atoms with E-state index < -0.39 is 0 Å². The van der Waals surface area contributed by atoms with E-state index in [0.717, 1.165) is 39.2 Å². The Bertz CT molecular complexity index is 1330. The van der Waals surface area contributed by atoms with E-state index >= 15 is 0 Å². The predicted molar refractivity (Wildman–Crippen MR) is 129 cm³/mol. The van der Waals surface area contributed by atoms with Gasteiger partial charge in [-0.2, -0.15) is 0 Å². The van der Waals surface area contributed by atoms with Gasteiger partial charge in [0, 0.05) is 17.4 Å². The smallest absolute Gasteiger partial charge is 0.165 e. The highest BCUT2D eigenvalue weighted by Crippen LogP contribution is 2.31. The number of hydrogen-bond donors (Lipinski definition) is 2. The van der Waals surface area contributed by atoms with Gasteiger partial charge in [-0.3, -0.25) is 4.57 Å². The minimum atomic E-state index is -0.0101. The highest BCUT2D eigenvalue weighted by Gasteiger charge is 2.18. The summed E-state index contributed by atoms with van der Waals surface area (Å²) in [4.78, 5) is 14.0. The molecule has 0 aliphatic carbocycles. The van der Waals surface area contributed by atoms with E-state index in [4.69, 9.17) is 15.7 Å². The molecule has 0 fully saturated rings. The zero-order valence-electron chi connectivity index (χ0n) is 18.1. The summed E-state index contributed by atoms with van der Waals surface area (Å²) in [7, 11) is 0. The molecule has 3 N–H and O–H groups in total. The molecule has 3 heterocycles. The van der Waals surface area contributed by atoms with E-state index in [-0.39, 0.29) is 6.61 Å². The van der Waals surface area contributed by atoms with Gasteiger partial charge in [0.1, 0.15) is 11.3 Å². The Morgan fingerprint density at radius 2 is 1.59 bits per heavy atom. The van der Waals surface area contributed by atoms with Crippen LogP contribution in [0.1, 0.15) is 19.4 Å². The van der Waals surface area contributed by atoms with E-state index in [1.165, 1.54) is 0 Å². The van der Waals surface area contributed by atoms with Crippen LogP contribution in [0.3, 0.4) is 0 Å². The molecule has 2 aromatic carbocycles. The molecule has 32 heavy (non-hydrogen) atoms. The van der Waals surface area contributed by atoms with Gasteiger partial charge in [0.15, 0.2) is 11.5 Å². The fraction of sp³-hybridized carbons (Fsp3) is 0.115. The Balaban J connectivity index is 0.00000119. The number of aliphatic hydroxyl groups excluding tert-OH is 1. The average molecular weight is 424 g/mol. The lowest BCUT2D eigenvalue weighted by Crippen LogP contribution is -2.02. The van der Waals surface area contributed by atoms with Gasteiger partial charge in [-0.1, -0.05) is 56.3 Å². The van der Waals surface area contributed by atoms with Crippen LogP contribution in [0.4, 0.5) is 5.82 Å². The maximum Gasteiger partial charge on any atom is 0.165 e. The van der Waals surface area contributed by atoms with Crippen LogP contribution in [0.2, 0.25) is 0 Å². The van der Waals surface area contributed by atoms with Crippen molar-refractivity contribution in [2.45, 2.75) is 20.5 Å². The largest absolute Gasteiger partial charge is 0.392 e. The molecular weight excluding hydrogens is 398 g/mol. The number of aromatic nitrogens is 4. The van der Waals surface area contributed by atoms with Gasteiger partial charge in [-0.05, 0) is 42.0 Å². The second-order valence-corrected chi connectivity index (χ2v) is 6.94. The van der Waals surface area contributed by atoms with Crippen LogP contribution in [-0.2, 0) is 6.61 Å². The molecule has 0 radical (unpaired) electrons. The highest BCUT2D eigenvalue weighted by molar-refractivity contribution is 5.84. The lowest BCUT2D eigenvalue weighted by Gasteiger charge is -2.11. The Morgan fingerprint density at radius 1 is 0.844 bits per heavy atom. The lowest BCUT2D eigenvalue weighted by molar-refractivity contribution is 0.282. The van der Waals surface area contributed by atoms with Crippen LogP contribution in [0.15, 0.2) is 85.1 Å². The Morgan fingerprint density at radius 3 is 2.28 bits per heavy atom. The Kier molecular flexibility index (Phi) is 6.24. The molecule has 0 spiro atoms. The minimum absolute atomic E-state index is 0.0101. The van der Waals surface area contributed by atoms with Crippen molar-refractivity contribution in [1.29, 1.82) is 0 Å². The van der Waals surface area contributed by atoms with E-state index in [0.29, 0.717) is 11.6 Å². The van der Waals surface area contributed by atoms with Gasteiger partial charge in [0.2, 0.25) is 0 Å². The first-order valence-electron chi connectivity index (χ1n) is 10.6. The summed E-state index contributed by atoms with van der Waals surface area (Å²) in [5.41, 5.74) is 12.0. The highest BCUT2D eigenvalue weighted by atomic mass is 16.3. The van der Waals surface area contributed by atoms with Gasteiger partial charge >= 0.3 is 0 Å². The number of aliphatic hydroxyl groups is 1. The number of hydrogen-bond acceptors (Lipinski definition) is 5. The monoisotopic (exact) mass is 423 g/mol. The van der Waals surface area contributed by atoms with Crippen molar-refractivity contribution in [1.82, 2.24) is 19.5 Å². The number of nitrogens with zero attached hydrogens (tertiary/aromatic N) is 4. The molecule has 3 aromatic heterocycles. The molecular formula is C26H25N5O. The van der Waals surface area contributed by atoms with E-state index in [1.807, 2.05) is 97.3 Å². The van der Waals surface area contributed by atoms with Crippen LogP contribution >= 0.6 is 0 Å². The lowest BCUT2D eigenvalue weighted by atomic mass is 10.1. The van der Waals surface area contributed by atoms with Gasteiger partial charge in [0.25, 0.3) is 0 Å². The summed E-state index contributed by atoms with van der Waals surface area (Å²) in [5, 5.41) is 9.41. The van der Waals surface area contributed by atoms with E-state index in [1.54, 1.807) is 6.20 Å². The molecule has 0 atom stereocenters.